The fourth-order valence-corrected chi connectivity index (χ4v) is 4.56. The zero-order valence-corrected chi connectivity index (χ0v) is 19.6. The molecule has 0 unspecified atom stereocenters. The molecule has 3 aromatic rings. The zero-order valence-electron chi connectivity index (χ0n) is 18.9. The molecule has 5 rings (SSSR count). The highest BCUT2D eigenvalue weighted by atomic mass is 35.5. The summed E-state index contributed by atoms with van der Waals surface area (Å²) in [6.45, 7) is 4.92. The maximum atomic E-state index is 12.8. The van der Waals surface area contributed by atoms with Gasteiger partial charge in [-0.15, -0.1) is 0 Å². The number of nitrogens with one attached hydrogen (secondary N) is 1. The summed E-state index contributed by atoms with van der Waals surface area (Å²) in [5.41, 5.74) is 2.01. The van der Waals surface area contributed by atoms with Crippen molar-refractivity contribution in [2.24, 2.45) is 5.92 Å². The van der Waals surface area contributed by atoms with Crippen molar-refractivity contribution < 1.29 is 4.79 Å². The third-order valence-corrected chi connectivity index (χ3v) is 6.58. The van der Waals surface area contributed by atoms with Crippen LogP contribution in [-0.2, 0) is 5.54 Å². The Balaban J connectivity index is 1.39. The lowest BCUT2D eigenvalue weighted by Gasteiger charge is -2.25. The van der Waals surface area contributed by atoms with Crippen LogP contribution < -0.4 is 15.7 Å². The third-order valence-electron chi connectivity index (χ3n) is 6.36. The number of nitrogens with zero attached hydrogens (tertiary/aromatic N) is 6. The molecule has 2 radical (unpaired) electrons. The van der Waals surface area contributed by atoms with E-state index in [1.54, 1.807) is 34.5 Å². The molecule has 1 saturated heterocycles. The van der Waals surface area contributed by atoms with E-state index in [1.165, 1.54) is 0 Å². The molecule has 0 bridgehead atoms. The van der Waals surface area contributed by atoms with Crippen molar-refractivity contribution in [3.8, 4) is 5.69 Å². The van der Waals surface area contributed by atoms with E-state index in [1.807, 2.05) is 29.9 Å². The van der Waals surface area contributed by atoms with Crippen LogP contribution in [0.25, 0.3) is 5.69 Å². The third kappa shape index (κ3) is 4.06. The van der Waals surface area contributed by atoms with Crippen LogP contribution in [0.15, 0.2) is 43.0 Å². The number of anilines is 2. The Morgan fingerprint density at radius 2 is 2.03 bits per heavy atom. The number of rotatable bonds is 6. The predicted octanol–water partition coefficient (Wildman–Crippen LogP) is 3.11. The van der Waals surface area contributed by atoms with Crippen LogP contribution >= 0.6 is 11.6 Å². The number of aromatic nitrogens is 4. The lowest BCUT2D eigenvalue weighted by atomic mass is 9.96. The van der Waals surface area contributed by atoms with Crippen molar-refractivity contribution in [3.63, 3.8) is 0 Å². The Morgan fingerprint density at radius 1 is 1.24 bits per heavy atom. The van der Waals surface area contributed by atoms with Crippen LogP contribution in [0.5, 0.6) is 0 Å². The van der Waals surface area contributed by atoms with Gasteiger partial charge in [-0.05, 0) is 37.0 Å². The normalized spacial score (nSPS) is 19.4. The van der Waals surface area contributed by atoms with Crippen LogP contribution in [0.1, 0.15) is 32.4 Å². The van der Waals surface area contributed by atoms with Crippen LogP contribution in [0.3, 0.4) is 0 Å². The molecule has 2 amide bonds. The largest absolute Gasteiger partial charge is 0.343 e. The van der Waals surface area contributed by atoms with Gasteiger partial charge in [0.2, 0.25) is 5.95 Å². The van der Waals surface area contributed by atoms with E-state index in [0.29, 0.717) is 34.7 Å². The van der Waals surface area contributed by atoms with E-state index in [9.17, 15) is 4.79 Å². The van der Waals surface area contributed by atoms with Gasteiger partial charge in [-0.25, -0.2) is 14.8 Å². The molecule has 0 spiro atoms. The monoisotopic (exact) mass is 461 g/mol. The van der Waals surface area contributed by atoms with Gasteiger partial charge in [0.05, 0.1) is 23.6 Å². The van der Waals surface area contributed by atoms with E-state index in [2.05, 4.69) is 29.1 Å². The molecule has 33 heavy (non-hydrogen) atoms. The quantitative estimate of drug-likeness (QED) is 0.571. The lowest BCUT2D eigenvalue weighted by molar-refractivity contribution is 0.229. The molecule has 2 fully saturated rings. The van der Waals surface area contributed by atoms with Gasteiger partial charge in [-0.3, -0.25) is 4.90 Å². The topological polar surface area (TPSA) is 79.2 Å². The van der Waals surface area contributed by atoms with Crippen molar-refractivity contribution in [1.82, 2.24) is 24.4 Å². The van der Waals surface area contributed by atoms with Gasteiger partial charge in [0.15, 0.2) is 0 Å². The number of carbonyl (C=O) groups is 1. The molecule has 1 aliphatic heterocycles. The van der Waals surface area contributed by atoms with E-state index in [0.717, 1.165) is 24.2 Å². The maximum absolute atomic E-state index is 12.8. The minimum atomic E-state index is -0.336. The number of halogens is 1. The SMILES string of the molecule is [B]c1cc(Cl)cc(-n2cnc(C3(Nc4nccc(N5C(=O)N(C)C[C@@H]5C(C)C)n4)CC3)c2)c1. The molecule has 2 aromatic heterocycles. The molecule has 1 aromatic carbocycles. The summed E-state index contributed by atoms with van der Waals surface area (Å²) in [4.78, 5) is 30.0. The highest BCUT2D eigenvalue weighted by Crippen LogP contribution is 2.47. The first-order valence-electron chi connectivity index (χ1n) is 11.0. The average molecular weight is 462 g/mol. The van der Waals surface area contributed by atoms with E-state index in [-0.39, 0.29) is 17.6 Å². The van der Waals surface area contributed by atoms with Gasteiger partial charge in [0.25, 0.3) is 0 Å². The van der Waals surface area contributed by atoms with Crippen molar-refractivity contribution >= 4 is 42.7 Å². The van der Waals surface area contributed by atoms with Gasteiger partial charge in [-0.1, -0.05) is 37.0 Å². The first-order chi connectivity index (χ1) is 15.8. The van der Waals surface area contributed by atoms with Crippen LogP contribution in [-0.4, -0.2) is 57.9 Å². The minimum Gasteiger partial charge on any atom is -0.343 e. The molecular weight excluding hydrogens is 437 g/mol. The summed E-state index contributed by atoms with van der Waals surface area (Å²) in [7, 11) is 7.76. The molecule has 1 aliphatic carbocycles. The van der Waals surface area contributed by atoms with Crippen molar-refractivity contribution in [1.29, 1.82) is 0 Å². The number of urea groups is 1. The van der Waals surface area contributed by atoms with Crippen molar-refractivity contribution in [3.05, 3.63) is 53.7 Å². The summed E-state index contributed by atoms with van der Waals surface area (Å²) in [6, 6.07) is 7.23. The fourth-order valence-electron chi connectivity index (χ4n) is 4.33. The number of hydrogen-bond donors (Lipinski definition) is 1. The summed E-state index contributed by atoms with van der Waals surface area (Å²) in [5, 5.41) is 4.04. The zero-order chi connectivity index (χ0) is 23.3. The molecule has 1 N–H and O–H groups in total. The van der Waals surface area contributed by atoms with Crippen LogP contribution in [0.4, 0.5) is 16.6 Å². The highest BCUT2D eigenvalue weighted by Gasteiger charge is 2.47. The van der Waals surface area contributed by atoms with Crippen LogP contribution in [0, 0.1) is 5.92 Å². The minimum absolute atomic E-state index is 0.0426. The predicted molar refractivity (Wildman–Crippen MR) is 130 cm³/mol. The van der Waals surface area contributed by atoms with Gasteiger partial charge in [0.1, 0.15) is 13.7 Å². The molecular formula is C23H25BClN7O. The molecule has 8 nitrogen and oxygen atoms in total. The number of carbonyl (C=O) groups excluding carboxylic acids is 1. The maximum Gasteiger partial charge on any atom is 0.325 e. The summed E-state index contributed by atoms with van der Waals surface area (Å²) in [6.07, 6.45) is 7.25. The molecule has 10 heteroatoms. The fraction of sp³-hybridized carbons (Fsp3) is 0.391. The Kier molecular flexibility index (Phi) is 5.31. The highest BCUT2D eigenvalue weighted by molar-refractivity contribution is 6.36. The molecule has 2 aliphatic rings. The van der Waals surface area contributed by atoms with E-state index in [4.69, 9.17) is 24.4 Å². The van der Waals surface area contributed by atoms with Gasteiger partial charge >= 0.3 is 6.03 Å². The molecule has 1 atom stereocenters. The first-order valence-corrected chi connectivity index (χ1v) is 11.4. The second kappa shape index (κ2) is 8.06. The molecule has 168 valence electrons. The van der Waals surface area contributed by atoms with E-state index >= 15 is 0 Å². The molecule has 1 saturated carbocycles. The Bertz CT molecular complexity index is 1190. The van der Waals surface area contributed by atoms with Crippen LogP contribution in [0.2, 0.25) is 5.02 Å². The van der Waals surface area contributed by atoms with Crippen molar-refractivity contribution in [2.45, 2.75) is 38.3 Å². The average Bonchev–Trinajstić information content (AvgIpc) is 3.23. The smallest absolute Gasteiger partial charge is 0.325 e. The number of likely N-dealkylation sites (N-methyl/N-ethyl adjacent to an activating group) is 1. The first kappa shape index (κ1) is 21.8. The molecule has 3 heterocycles. The number of hydrogen-bond acceptors (Lipinski definition) is 5. The number of imidazole rings is 1. The standard InChI is InChI=1S/C23H25BClN7O/c1-14(2)18-11-30(3)22(33)32(18)20-4-7-26-21(28-20)29-23(5-6-23)19-12-31(13-27-19)17-9-15(24)8-16(25)10-17/h4,7-10,12-14,18H,5-6,11H2,1-3H3,(H,26,28,29)/t18-/m1/s1. The Hall–Kier alpha value is -3.07. The number of amides is 2. The second-order valence-electron chi connectivity index (χ2n) is 9.20. The summed E-state index contributed by atoms with van der Waals surface area (Å²) >= 11 is 6.16. The number of benzene rings is 1. The summed E-state index contributed by atoms with van der Waals surface area (Å²) < 4.78 is 1.91. The van der Waals surface area contributed by atoms with E-state index < -0.39 is 0 Å². The Morgan fingerprint density at radius 3 is 2.73 bits per heavy atom. The Labute approximate surface area is 199 Å². The second-order valence-corrected chi connectivity index (χ2v) is 9.64. The lowest BCUT2D eigenvalue weighted by Crippen LogP contribution is -2.38. The van der Waals surface area contributed by atoms with Gasteiger partial charge in [0, 0.05) is 36.7 Å². The van der Waals surface area contributed by atoms with Crippen molar-refractivity contribution in [2.75, 3.05) is 23.8 Å². The summed E-state index contributed by atoms with van der Waals surface area (Å²) in [5.74, 6) is 1.40. The van der Waals surface area contributed by atoms with Gasteiger partial charge in [-0.2, -0.15) is 4.98 Å². The van der Waals surface area contributed by atoms with Gasteiger partial charge < -0.3 is 14.8 Å².